The van der Waals surface area contributed by atoms with Crippen molar-refractivity contribution in [3.05, 3.63) is 0 Å². The van der Waals surface area contributed by atoms with Crippen LogP contribution in [0, 0.1) is 5.41 Å². The lowest BCUT2D eigenvalue weighted by atomic mass is 9.80. The highest BCUT2D eigenvalue weighted by molar-refractivity contribution is 6.01. The molecular weight excluding hydrogens is 224 g/mol. The molecule has 5 heteroatoms. The third-order valence-corrected chi connectivity index (χ3v) is 2.79. The van der Waals surface area contributed by atoms with Gasteiger partial charge in [0.05, 0.1) is 14.2 Å². The van der Waals surface area contributed by atoms with Gasteiger partial charge in [0.1, 0.15) is 6.29 Å². The average Bonchev–Trinajstić information content (AvgIpc) is 2.35. The second-order valence-electron chi connectivity index (χ2n) is 3.89. The minimum Gasteiger partial charge on any atom is -0.468 e. The maximum atomic E-state index is 11.7. The van der Waals surface area contributed by atoms with Crippen LogP contribution in [0.3, 0.4) is 0 Å². The summed E-state index contributed by atoms with van der Waals surface area (Å²) >= 11 is 0. The predicted molar refractivity (Wildman–Crippen MR) is 61.3 cm³/mol. The molecule has 17 heavy (non-hydrogen) atoms. The number of unbranched alkanes of at least 4 members (excludes halogenated alkanes) is 2. The van der Waals surface area contributed by atoms with Crippen LogP contribution in [0.15, 0.2) is 0 Å². The lowest BCUT2D eigenvalue weighted by Crippen LogP contribution is -2.41. The Morgan fingerprint density at radius 3 is 2.00 bits per heavy atom. The van der Waals surface area contributed by atoms with Crippen molar-refractivity contribution in [3.63, 3.8) is 0 Å². The van der Waals surface area contributed by atoms with Gasteiger partial charge in [-0.1, -0.05) is 26.2 Å². The van der Waals surface area contributed by atoms with Crippen molar-refractivity contribution in [1.82, 2.24) is 0 Å². The second kappa shape index (κ2) is 7.81. The molecule has 0 amide bonds. The lowest BCUT2D eigenvalue weighted by molar-refractivity contribution is -0.171. The van der Waals surface area contributed by atoms with Gasteiger partial charge in [0.25, 0.3) is 0 Å². The summed E-state index contributed by atoms with van der Waals surface area (Å²) < 4.78 is 9.25. The molecule has 0 saturated carbocycles. The fourth-order valence-electron chi connectivity index (χ4n) is 1.77. The highest BCUT2D eigenvalue weighted by Gasteiger charge is 2.47. The van der Waals surface area contributed by atoms with Crippen LogP contribution >= 0.6 is 0 Å². The lowest BCUT2D eigenvalue weighted by Gasteiger charge is -2.26. The highest BCUT2D eigenvalue weighted by Crippen LogP contribution is 2.31. The third-order valence-electron chi connectivity index (χ3n) is 2.79. The summed E-state index contributed by atoms with van der Waals surface area (Å²) in [5.74, 6) is -1.40. The molecule has 0 rings (SSSR count). The molecule has 0 bridgehead atoms. The van der Waals surface area contributed by atoms with Gasteiger partial charge in [0.2, 0.25) is 0 Å². The number of esters is 2. The maximum absolute atomic E-state index is 11.7. The molecule has 0 saturated heterocycles. The number of carbonyl (C=O) groups excluding carboxylic acids is 3. The molecule has 0 fully saturated rings. The predicted octanol–water partition coefficient (Wildman–Crippen LogP) is 1.49. The van der Waals surface area contributed by atoms with E-state index in [0.29, 0.717) is 12.7 Å². The Kier molecular flexibility index (Phi) is 7.18. The first-order valence-corrected chi connectivity index (χ1v) is 5.69. The Bertz CT molecular complexity index is 256. The van der Waals surface area contributed by atoms with E-state index in [1.54, 1.807) is 0 Å². The summed E-state index contributed by atoms with van der Waals surface area (Å²) in [5, 5.41) is 0. The first kappa shape index (κ1) is 15.6. The molecule has 0 aliphatic rings. The Morgan fingerprint density at radius 1 is 1.12 bits per heavy atom. The van der Waals surface area contributed by atoms with Gasteiger partial charge < -0.3 is 14.3 Å². The molecule has 0 spiro atoms. The number of carbonyl (C=O) groups is 3. The molecule has 0 aromatic carbocycles. The van der Waals surface area contributed by atoms with Gasteiger partial charge in [-0.15, -0.1) is 0 Å². The number of hydrogen-bond acceptors (Lipinski definition) is 5. The molecule has 5 nitrogen and oxygen atoms in total. The van der Waals surface area contributed by atoms with Gasteiger partial charge in [0.15, 0.2) is 5.41 Å². The van der Waals surface area contributed by atoms with Gasteiger partial charge in [-0.05, 0) is 6.42 Å². The Labute approximate surface area is 101 Å². The molecule has 0 N–H and O–H groups in total. The SMILES string of the molecule is CCCCCC(CC=O)(C(=O)OC)C(=O)OC. The van der Waals surface area contributed by atoms with Crippen LogP contribution in [0.5, 0.6) is 0 Å². The monoisotopic (exact) mass is 244 g/mol. The molecule has 0 aromatic rings. The van der Waals surface area contributed by atoms with Crippen molar-refractivity contribution in [2.75, 3.05) is 14.2 Å². The van der Waals surface area contributed by atoms with E-state index < -0.39 is 17.4 Å². The highest BCUT2D eigenvalue weighted by atomic mass is 16.5. The topological polar surface area (TPSA) is 69.7 Å². The summed E-state index contributed by atoms with van der Waals surface area (Å²) in [4.78, 5) is 34.2. The van der Waals surface area contributed by atoms with Gasteiger partial charge in [0, 0.05) is 6.42 Å². The molecule has 0 heterocycles. The maximum Gasteiger partial charge on any atom is 0.323 e. The fraction of sp³-hybridized carbons (Fsp3) is 0.750. The van der Waals surface area contributed by atoms with Crippen LogP contribution in [0.1, 0.15) is 39.0 Å². The number of methoxy groups -OCH3 is 2. The molecule has 0 unspecified atom stereocenters. The minimum absolute atomic E-state index is 0.198. The average molecular weight is 244 g/mol. The molecule has 0 aliphatic carbocycles. The van der Waals surface area contributed by atoms with E-state index in [0.717, 1.165) is 12.8 Å². The summed E-state index contributed by atoms with van der Waals surface area (Å²) in [6.45, 7) is 2.01. The third kappa shape index (κ3) is 3.84. The zero-order valence-electron chi connectivity index (χ0n) is 10.7. The molecule has 98 valence electrons. The van der Waals surface area contributed by atoms with E-state index in [9.17, 15) is 14.4 Å². The van der Waals surface area contributed by atoms with Crippen LogP contribution < -0.4 is 0 Å². The van der Waals surface area contributed by atoms with Gasteiger partial charge >= 0.3 is 11.9 Å². The Balaban J connectivity index is 5.01. The van der Waals surface area contributed by atoms with E-state index in [-0.39, 0.29) is 12.8 Å². The van der Waals surface area contributed by atoms with Gasteiger partial charge in [-0.2, -0.15) is 0 Å². The van der Waals surface area contributed by atoms with Crippen molar-refractivity contribution in [2.45, 2.75) is 39.0 Å². The Hall–Kier alpha value is -1.39. The van der Waals surface area contributed by atoms with Crippen LogP contribution in [-0.2, 0) is 23.9 Å². The largest absolute Gasteiger partial charge is 0.468 e. The quantitative estimate of drug-likeness (QED) is 0.280. The number of aldehydes is 1. The zero-order valence-corrected chi connectivity index (χ0v) is 10.7. The summed E-state index contributed by atoms with van der Waals surface area (Å²) in [6.07, 6.45) is 3.15. The molecule has 0 aromatic heterocycles. The van der Waals surface area contributed by atoms with Gasteiger partial charge in [-0.25, -0.2) is 0 Å². The number of hydrogen-bond donors (Lipinski definition) is 0. The number of rotatable bonds is 8. The van der Waals surface area contributed by atoms with E-state index in [1.165, 1.54) is 14.2 Å². The standard InChI is InChI=1S/C12H20O5/c1-4-5-6-7-12(8-9-13,10(14)16-2)11(15)17-3/h9H,4-8H2,1-3H3. The van der Waals surface area contributed by atoms with E-state index in [1.807, 2.05) is 6.92 Å². The summed E-state index contributed by atoms with van der Waals surface area (Å²) in [7, 11) is 2.40. The number of ether oxygens (including phenoxy) is 2. The zero-order chi connectivity index (χ0) is 13.3. The van der Waals surface area contributed by atoms with Crippen molar-refractivity contribution < 1.29 is 23.9 Å². The van der Waals surface area contributed by atoms with Gasteiger partial charge in [-0.3, -0.25) is 9.59 Å². The second-order valence-corrected chi connectivity index (χ2v) is 3.89. The molecule has 0 aliphatic heterocycles. The molecular formula is C12H20O5. The summed E-state index contributed by atoms with van der Waals surface area (Å²) in [5.41, 5.74) is -1.47. The fourth-order valence-corrected chi connectivity index (χ4v) is 1.77. The first-order valence-electron chi connectivity index (χ1n) is 5.69. The van der Waals surface area contributed by atoms with Crippen LogP contribution in [0.4, 0.5) is 0 Å². The van der Waals surface area contributed by atoms with Crippen molar-refractivity contribution in [2.24, 2.45) is 5.41 Å². The van der Waals surface area contributed by atoms with Crippen molar-refractivity contribution >= 4 is 18.2 Å². The van der Waals surface area contributed by atoms with Crippen LogP contribution in [-0.4, -0.2) is 32.4 Å². The van der Waals surface area contributed by atoms with Crippen molar-refractivity contribution in [3.8, 4) is 0 Å². The minimum atomic E-state index is -1.47. The van der Waals surface area contributed by atoms with E-state index >= 15 is 0 Å². The van der Waals surface area contributed by atoms with Crippen LogP contribution in [0.25, 0.3) is 0 Å². The molecule has 0 radical (unpaired) electrons. The van der Waals surface area contributed by atoms with Crippen LogP contribution in [0.2, 0.25) is 0 Å². The normalized spacial score (nSPS) is 10.8. The van der Waals surface area contributed by atoms with E-state index in [4.69, 9.17) is 0 Å². The Morgan fingerprint density at radius 2 is 1.65 bits per heavy atom. The molecule has 0 atom stereocenters. The summed E-state index contributed by atoms with van der Waals surface area (Å²) in [6, 6.07) is 0. The smallest absolute Gasteiger partial charge is 0.323 e. The van der Waals surface area contributed by atoms with Crippen molar-refractivity contribution in [1.29, 1.82) is 0 Å². The first-order chi connectivity index (χ1) is 8.08. The van der Waals surface area contributed by atoms with E-state index in [2.05, 4.69) is 9.47 Å².